The number of nitrogens with two attached hydrogens (primary N) is 1. The van der Waals surface area contributed by atoms with Crippen LogP contribution in [0.3, 0.4) is 0 Å². The van der Waals surface area contributed by atoms with Gasteiger partial charge >= 0.3 is 0 Å². The third-order valence-electron chi connectivity index (χ3n) is 2.25. The van der Waals surface area contributed by atoms with Gasteiger partial charge in [0.25, 0.3) is 0 Å². The molecule has 0 saturated heterocycles. The fourth-order valence-electron chi connectivity index (χ4n) is 1.47. The van der Waals surface area contributed by atoms with Crippen LogP contribution in [0.2, 0.25) is 0 Å². The van der Waals surface area contributed by atoms with E-state index >= 15 is 0 Å². The lowest BCUT2D eigenvalue weighted by atomic mass is 10.1. The highest BCUT2D eigenvalue weighted by atomic mass is 16.5. The topological polar surface area (TPSA) is 68.2 Å². The third kappa shape index (κ3) is 4.72. The van der Waals surface area contributed by atoms with Crippen molar-refractivity contribution in [1.29, 1.82) is 0 Å². The minimum Gasteiger partial charge on any atom is -0.339 e. The third-order valence-corrected chi connectivity index (χ3v) is 2.25. The van der Waals surface area contributed by atoms with Crippen molar-refractivity contribution in [2.45, 2.75) is 33.2 Å². The zero-order valence-electron chi connectivity index (χ0n) is 10.4. The van der Waals surface area contributed by atoms with Gasteiger partial charge in [0, 0.05) is 6.42 Å². The Balaban J connectivity index is 2.39. The van der Waals surface area contributed by atoms with Crippen LogP contribution < -0.4 is 5.73 Å². The van der Waals surface area contributed by atoms with E-state index in [4.69, 9.17) is 10.3 Å². The monoisotopic (exact) mass is 226 g/mol. The maximum Gasteiger partial charge on any atom is 0.226 e. The molecule has 0 aliphatic heterocycles. The Hall–Kier alpha value is -0.940. The van der Waals surface area contributed by atoms with Crippen molar-refractivity contribution >= 4 is 0 Å². The SMILES string of the molecule is CC(C)Cc1nc(CN(C)CCCN)no1. The van der Waals surface area contributed by atoms with Gasteiger partial charge in [0.1, 0.15) is 0 Å². The molecule has 0 radical (unpaired) electrons. The fourth-order valence-corrected chi connectivity index (χ4v) is 1.47. The van der Waals surface area contributed by atoms with Crippen molar-refractivity contribution in [3.05, 3.63) is 11.7 Å². The van der Waals surface area contributed by atoms with E-state index in [1.165, 1.54) is 0 Å². The molecule has 0 aliphatic carbocycles. The van der Waals surface area contributed by atoms with E-state index in [1.54, 1.807) is 0 Å². The van der Waals surface area contributed by atoms with Gasteiger partial charge in [-0.3, -0.25) is 4.90 Å². The Morgan fingerprint density at radius 3 is 2.81 bits per heavy atom. The minimum atomic E-state index is 0.545. The molecular weight excluding hydrogens is 204 g/mol. The Kier molecular flexibility index (Phi) is 5.42. The molecule has 1 aromatic heterocycles. The van der Waals surface area contributed by atoms with Crippen LogP contribution in [-0.4, -0.2) is 35.2 Å². The Morgan fingerprint density at radius 1 is 1.44 bits per heavy atom. The molecule has 5 heteroatoms. The van der Waals surface area contributed by atoms with Crippen molar-refractivity contribution in [2.24, 2.45) is 11.7 Å². The summed E-state index contributed by atoms with van der Waals surface area (Å²) in [6.45, 7) is 6.68. The number of rotatable bonds is 7. The molecule has 16 heavy (non-hydrogen) atoms. The summed E-state index contributed by atoms with van der Waals surface area (Å²) in [5.41, 5.74) is 5.45. The van der Waals surface area contributed by atoms with Crippen LogP contribution in [-0.2, 0) is 13.0 Å². The van der Waals surface area contributed by atoms with Crippen LogP contribution in [0.1, 0.15) is 32.0 Å². The fraction of sp³-hybridized carbons (Fsp3) is 0.818. The first-order chi connectivity index (χ1) is 7.61. The van der Waals surface area contributed by atoms with E-state index in [0.717, 1.165) is 44.2 Å². The largest absolute Gasteiger partial charge is 0.339 e. The second kappa shape index (κ2) is 6.60. The Labute approximate surface area is 97.0 Å². The van der Waals surface area contributed by atoms with Crippen molar-refractivity contribution in [2.75, 3.05) is 20.1 Å². The second-order valence-electron chi connectivity index (χ2n) is 4.58. The summed E-state index contributed by atoms with van der Waals surface area (Å²) in [6.07, 6.45) is 1.84. The quantitative estimate of drug-likeness (QED) is 0.752. The van der Waals surface area contributed by atoms with E-state index in [0.29, 0.717) is 5.92 Å². The highest BCUT2D eigenvalue weighted by Gasteiger charge is 2.09. The van der Waals surface area contributed by atoms with E-state index in [1.807, 2.05) is 7.05 Å². The predicted octanol–water partition coefficient (Wildman–Crippen LogP) is 1.05. The molecule has 0 saturated carbocycles. The zero-order chi connectivity index (χ0) is 12.0. The molecule has 2 N–H and O–H groups in total. The Bertz CT molecular complexity index is 298. The molecule has 1 heterocycles. The van der Waals surface area contributed by atoms with Crippen LogP contribution in [0.15, 0.2) is 4.52 Å². The number of nitrogens with zero attached hydrogens (tertiary/aromatic N) is 3. The molecule has 0 aromatic carbocycles. The van der Waals surface area contributed by atoms with Crippen molar-refractivity contribution in [3.63, 3.8) is 0 Å². The van der Waals surface area contributed by atoms with Gasteiger partial charge in [0.2, 0.25) is 5.89 Å². The second-order valence-corrected chi connectivity index (χ2v) is 4.58. The van der Waals surface area contributed by atoms with Crippen molar-refractivity contribution in [1.82, 2.24) is 15.0 Å². The minimum absolute atomic E-state index is 0.545. The maximum atomic E-state index is 5.45. The standard InChI is InChI=1S/C11H22N4O/c1-9(2)7-11-13-10(14-16-11)8-15(3)6-4-5-12/h9H,4-8,12H2,1-3H3. The molecule has 92 valence electrons. The lowest BCUT2D eigenvalue weighted by Gasteiger charge is -2.12. The highest BCUT2D eigenvalue weighted by Crippen LogP contribution is 2.06. The summed E-state index contributed by atoms with van der Waals surface area (Å²) in [6, 6.07) is 0. The van der Waals surface area contributed by atoms with Gasteiger partial charge < -0.3 is 10.3 Å². The molecule has 0 fully saturated rings. The molecule has 0 bridgehead atoms. The summed E-state index contributed by atoms with van der Waals surface area (Å²) >= 11 is 0. The van der Waals surface area contributed by atoms with Crippen LogP contribution >= 0.6 is 0 Å². The summed E-state index contributed by atoms with van der Waals surface area (Å²) in [7, 11) is 2.04. The first-order valence-electron chi connectivity index (χ1n) is 5.82. The first-order valence-corrected chi connectivity index (χ1v) is 5.82. The number of hydrogen-bond acceptors (Lipinski definition) is 5. The van der Waals surface area contributed by atoms with E-state index in [2.05, 4.69) is 28.9 Å². The number of hydrogen-bond donors (Lipinski definition) is 1. The van der Waals surface area contributed by atoms with E-state index in [9.17, 15) is 0 Å². The number of aromatic nitrogens is 2. The molecule has 0 amide bonds. The van der Waals surface area contributed by atoms with E-state index in [-0.39, 0.29) is 0 Å². The van der Waals surface area contributed by atoms with Crippen molar-refractivity contribution < 1.29 is 4.52 Å². The van der Waals surface area contributed by atoms with Gasteiger partial charge in [-0.15, -0.1) is 0 Å². The molecule has 1 rings (SSSR count). The molecule has 5 nitrogen and oxygen atoms in total. The maximum absolute atomic E-state index is 5.45. The first kappa shape index (κ1) is 13.1. The van der Waals surface area contributed by atoms with Gasteiger partial charge in [-0.1, -0.05) is 19.0 Å². The summed E-state index contributed by atoms with van der Waals surface area (Å²) in [5, 5.41) is 3.96. The average Bonchev–Trinajstić information content (AvgIpc) is 2.61. The molecule has 0 unspecified atom stereocenters. The molecule has 1 aromatic rings. The van der Waals surface area contributed by atoms with Gasteiger partial charge in [-0.05, 0) is 32.5 Å². The lowest BCUT2D eigenvalue weighted by Crippen LogP contribution is -2.21. The van der Waals surface area contributed by atoms with Gasteiger partial charge in [-0.25, -0.2) is 0 Å². The normalized spacial score (nSPS) is 11.6. The summed E-state index contributed by atoms with van der Waals surface area (Å²) in [4.78, 5) is 6.50. The highest BCUT2D eigenvalue weighted by molar-refractivity contribution is 4.86. The average molecular weight is 226 g/mol. The molecular formula is C11H22N4O. The Morgan fingerprint density at radius 2 is 2.19 bits per heavy atom. The summed E-state index contributed by atoms with van der Waals surface area (Å²) < 4.78 is 5.17. The van der Waals surface area contributed by atoms with Crippen LogP contribution in [0, 0.1) is 5.92 Å². The lowest BCUT2D eigenvalue weighted by molar-refractivity contribution is 0.303. The van der Waals surface area contributed by atoms with Gasteiger partial charge in [0.15, 0.2) is 5.82 Å². The zero-order valence-corrected chi connectivity index (χ0v) is 10.4. The smallest absolute Gasteiger partial charge is 0.226 e. The van der Waals surface area contributed by atoms with Gasteiger partial charge in [-0.2, -0.15) is 4.98 Å². The molecule has 0 atom stereocenters. The molecule has 0 spiro atoms. The van der Waals surface area contributed by atoms with Gasteiger partial charge in [0.05, 0.1) is 6.54 Å². The summed E-state index contributed by atoms with van der Waals surface area (Å²) in [5.74, 6) is 2.04. The predicted molar refractivity (Wildman–Crippen MR) is 62.8 cm³/mol. The van der Waals surface area contributed by atoms with E-state index < -0.39 is 0 Å². The van der Waals surface area contributed by atoms with Crippen LogP contribution in [0.4, 0.5) is 0 Å². The molecule has 0 aliphatic rings. The van der Waals surface area contributed by atoms with Crippen LogP contribution in [0.5, 0.6) is 0 Å². The van der Waals surface area contributed by atoms with Crippen molar-refractivity contribution in [3.8, 4) is 0 Å². The van der Waals surface area contributed by atoms with Crippen LogP contribution in [0.25, 0.3) is 0 Å².